The quantitative estimate of drug-likeness (QED) is 0.0819. The summed E-state index contributed by atoms with van der Waals surface area (Å²) in [4.78, 5) is 90.5. The Morgan fingerprint density at radius 2 is 1.10 bits per heavy atom. The van der Waals surface area contributed by atoms with Crippen LogP contribution in [0.15, 0.2) is 120 Å². The smallest absolute Gasteiger partial charge is 0.348 e. The molecule has 1 aliphatic carbocycles. The van der Waals surface area contributed by atoms with E-state index in [9.17, 15) is 33.6 Å². The zero-order valence-corrected chi connectivity index (χ0v) is 32.7. The number of rotatable bonds is 11. The molecule has 4 fully saturated rings. The topological polar surface area (TPSA) is 184 Å². The molecule has 4 aliphatic rings. The lowest BCUT2D eigenvalue weighted by Crippen LogP contribution is -2.56. The van der Waals surface area contributed by atoms with Crippen molar-refractivity contribution in [1.82, 2.24) is 0 Å². The third kappa shape index (κ3) is 9.83. The first kappa shape index (κ1) is 41.8. The summed E-state index contributed by atoms with van der Waals surface area (Å²) in [6, 6.07) is 18.2. The number of carbonyl (C=O) groups excluding carboxylic acids is 7. The van der Waals surface area contributed by atoms with Crippen LogP contribution in [0.3, 0.4) is 0 Å². The third-order valence-corrected chi connectivity index (χ3v) is 9.92. The Morgan fingerprint density at radius 3 is 1.59 bits per heavy atom. The van der Waals surface area contributed by atoms with Gasteiger partial charge in [-0.25, -0.2) is 28.8 Å². The molecule has 2 aromatic rings. The molecule has 6 rings (SSSR count). The first-order valence-electron chi connectivity index (χ1n) is 19.1. The number of carbonyl (C=O) groups is 7. The summed E-state index contributed by atoms with van der Waals surface area (Å²) in [6.45, 7) is 5.04. The number of ether oxygens (including phenoxy) is 7. The zero-order chi connectivity index (χ0) is 42.2. The van der Waals surface area contributed by atoms with Crippen LogP contribution in [0.2, 0.25) is 0 Å². The van der Waals surface area contributed by atoms with Gasteiger partial charge >= 0.3 is 41.8 Å². The van der Waals surface area contributed by atoms with Crippen molar-refractivity contribution in [3.8, 4) is 0 Å². The van der Waals surface area contributed by atoms with Gasteiger partial charge in [-0.3, -0.25) is 4.79 Å². The van der Waals surface area contributed by atoms with Crippen molar-refractivity contribution < 1.29 is 66.7 Å². The largest absolute Gasteiger partial charge is 0.466 e. The predicted molar refractivity (Wildman–Crippen MR) is 207 cm³/mol. The molecule has 1 saturated carbocycles. The van der Waals surface area contributed by atoms with Crippen LogP contribution in [0.4, 0.5) is 0 Å². The maximum atomic E-state index is 13.3. The van der Waals surface area contributed by atoms with Gasteiger partial charge in [-0.2, -0.15) is 0 Å². The maximum Gasteiger partial charge on any atom is 0.348 e. The fourth-order valence-electron chi connectivity index (χ4n) is 6.80. The summed E-state index contributed by atoms with van der Waals surface area (Å²) in [7, 11) is 0. The summed E-state index contributed by atoms with van der Waals surface area (Å²) >= 11 is 0. The average Bonchev–Trinajstić information content (AvgIpc) is 3.20. The van der Waals surface area contributed by atoms with Crippen molar-refractivity contribution in [3.05, 3.63) is 131 Å². The van der Waals surface area contributed by atoms with Crippen molar-refractivity contribution in [2.75, 3.05) is 6.61 Å². The van der Waals surface area contributed by atoms with Crippen LogP contribution >= 0.6 is 0 Å². The Kier molecular flexibility index (Phi) is 12.6. The fourth-order valence-corrected chi connectivity index (χ4v) is 6.80. The number of cyclic esters (lactones) is 2. The Balaban J connectivity index is 1.11. The second-order valence-electron chi connectivity index (χ2n) is 14.1. The molecule has 306 valence electrons. The van der Waals surface area contributed by atoms with Gasteiger partial charge in [-0.05, 0) is 54.7 Å². The molecule has 0 aromatic heterocycles. The minimum atomic E-state index is -1.68. The van der Waals surface area contributed by atoms with Gasteiger partial charge in [-0.15, -0.1) is 0 Å². The van der Waals surface area contributed by atoms with Crippen LogP contribution in [0.5, 0.6) is 0 Å². The van der Waals surface area contributed by atoms with Gasteiger partial charge in [0.15, 0.2) is 0 Å². The molecule has 2 aromatic carbocycles. The Bertz CT molecular complexity index is 2150. The Morgan fingerprint density at radius 1 is 0.644 bits per heavy atom. The molecule has 0 radical (unpaired) electrons. The third-order valence-electron chi connectivity index (χ3n) is 9.92. The second kappa shape index (κ2) is 17.8. The van der Waals surface area contributed by atoms with Crippen LogP contribution in [-0.4, -0.2) is 65.8 Å². The highest BCUT2D eigenvalue weighted by molar-refractivity contribution is 6.17. The SMILES string of the molecule is CC=CC(=CC=C1C(=O)OC2(CCC3(CC2)OC(=O)C(=CCC(=CC=C2C(=O)OC(C)(CCC(=O)OCC)OC2=O)c2ccccc2)C(=O)O3)OC1=O)c1ccccc1. The van der Waals surface area contributed by atoms with Gasteiger partial charge in [0.2, 0.25) is 0 Å². The normalized spacial score (nSPS) is 24.8. The molecular weight excluding hydrogens is 764 g/mol. The van der Waals surface area contributed by atoms with Gasteiger partial charge in [0, 0.05) is 39.0 Å². The molecule has 0 amide bonds. The van der Waals surface area contributed by atoms with Crippen molar-refractivity contribution >= 4 is 52.9 Å². The number of allylic oxidation sites excluding steroid dienone is 9. The highest BCUT2D eigenvalue weighted by Gasteiger charge is 2.57. The molecule has 59 heavy (non-hydrogen) atoms. The fraction of sp³-hybridized carbons (Fsp3) is 0.311. The Hall–Kier alpha value is -6.83. The summed E-state index contributed by atoms with van der Waals surface area (Å²) in [5.41, 5.74) is 1.68. The van der Waals surface area contributed by atoms with E-state index in [2.05, 4.69) is 0 Å². The lowest BCUT2D eigenvalue weighted by molar-refractivity contribution is -0.291. The summed E-state index contributed by atoms with van der Waals surface area (Å²) in [5.74, 6) is -11.1. The van der Waals surface area contributed by atoms with E-state index in [1.165, 1.54) is 31.2 Å². The molecule has 2 spiro atoms. The van der Waals surface area contributed by atoms with Gasteiger partial charge < -0.3 is 33.2 Å². The van der Waals surface area contributed by atoms with Crippen molar-refractivity contribution in [1.29, 1.82) is 0 Å². The molecular formula is C45H42O14. The highest BCUT2D eigenvalue weighted by Crippen LogP contribution is 2.45. The van der Waals surface area contributed by atoms with Gasteiger partial charge in [0.05, 0.1) is 13.0 Å². The lowest BCUT2D eigenvalue weighted by atomic mass is 9.87. The van der Waals surface area contributed by atoms with E-state index in [1.807, 2.05) is 49.4 Å². The van der Waals surface area contributed by atoms with E-state index < -0.39 is 64.7 Å². The van der Waals surface area contributed by atoms with Gasteiger partial charge in [-0.1, -0.05) is 91.0 Å². The van der Waals surface area contributed by atoms with E-state index >= 15 is 0 Å². The molecule has 3 saturated heterocycles. The van der Waals surface area contributed by atoms with Crippen LogP contribution in [0.1, 0.15) is 76.8 Å². The van der Waals surface area contributed by atoms with Crippen LogP contribution in [-0.2, 0) is 66.7 Å². The molecule has 14 nitrogen and oxygen atoms in total. The van der Waals surface area contributed by atoms with Gasteiger partial charge in [0.25, 0.3) is 17.4 Å². The Labute approximate surface area is 339 Å². The standard InChI is InChI=1S/C45H42O14/c1-4-12-29(30-13-8-6-9-14-30)17-20-34-39(49)56-44(57-40(34)50)25-27-45(28-26-44)58-41(51)35(42(52)59-45)22-19-32(31-15-10-7-11-16-31)18-21-33-37(47)54-43(3,55-38(33)48)24-23-36(46)53-5-2/h4,6-18,20-22H,5,19,23-28H2,1-3H3. The van der Waals surface area contributed by atoms with Crippen LogP contribution < -0.4 is 0 Å². The molecule has 3 aliphatic heterocycles. The lowest BCUT2D eigenvalue weighted by Gasteiger charge is -2.46. The monoisotopic (exact) mass is 806 g/mol. The number of esters is 7. The van der Waals surface area contributed by atoms with E-state index in [4.69, 9.17) is 33.2 Å². The first-order valence-corrected chi connectivity index (χ1v) is 19.1. The van der Waals surface area contributed by atoms with Crippen molar-refractivity contribution in [2.24, 2.45) is 0 Å². The highest BCUT2D eigenvalue weighted by atomic mass is 16.8. The molecule has 14 heteroatoms. The van der Waals surface area contributed by atoms with Crippen molar-refractivity contribution in [3.63, 3.8) is 0 Å². The summed E-state index contributed by atoms with van der Waals surface area (Å²) in [5, 5.41) is 0. The van der Waals surface area contributed by atoms with Crippen molar-refractivity contribution in [2.45, 2.75) is 83.1 Å². The zero-order valence-electron chi connectivity index (χ0n) is 32.7. The van der Waals surface area contributed by atoms with Crippen LogP contribution in [0.25, 0.3) is 11.1 Å². The second-order valence-corrected chi connectivity index (χ2v) is 14.1. The van der Waals surface area contributed by atoms with Crippen LogP contribution in [0, 0.1) is 0 Å². The number of benzene rings is 2. The van der Waals surface area contributed by atoms with E-state index in [-0.39, 0.29) is 62.7 Å². The van der Waals surface area contributed by atoms with Gasteiger partial charge in [0.1, 0.15) is 16.7 Å². The molecule has 0 N–H and O–H groups in total. The van der Waals surface area contributed by atoms with E-state index in [1.54, 1.807) is 43.3 Å². The molecule has 0 bridgehead atoms. The molecule has 0 atom stereocenters. The summed E-state index contributed by atoms with van der Waals surface area (Å²) in [6.07, 6.45) is 9.90. The maximum absolute atomic E-state index is 13.3. The average molecular weight is 807 g/mol. The molecule has 3 heterocycles. The predicted octanol–water partition coefficient (Wildman–Crippen LogP) is 6.23. The molecule has 0 unspecified atom stereocenters. The number of hydrogen-bond acceptors (Lipinski definition) is 14. The minimum absolute atomic E-state index is 0.0384. The summed E-state index contributed by atoms with van der Waals surface area (Å²) < 4.78 is 38.3. The van der Waals surface area contributed by atoms with E-state index in [0.29, 0.717) is 11.1 Å². The first-order chi connectivity index (χ1) is 28.3. The number of hydrogen-bond donors (Lipinski definition) is 0. The minimum Gasteiger partial charge on any atom is -0.466 e. The van der Waals surface area contributed by atoms with E-state index in [0.717, 1.165) is 11.1 Å².